The van der Waals surface area contributed by atoms with Gasteiger partial charge in [0, 0.05) is 16.7 Å². The molecule has 0 heterocycles. The van der Waals surface area contributed by atoms with Gasteiger partial charge in [-0.2, -0.15) is 0 Å². The van der Waals surface area contributed by atoms with Crippen LogP contribution >= 0.6 is 11.6 Å². The van der Waals surface area contributed by atoms with Crippen LogP contribution in [0, 0.1) is 5.92 Å². The molecular formula is C14H20ClNO2. The van der Waals surface area contributed by atoms with E-state index >= 15 is 0 Å². The van der Waals surface area contributed by atoms with Crippen molar-refractivity contribution < 1.29 is 9.47 Å². The first kappa shape index (κ1) is 13.5. The van der Waals surface area contributed by atoms with E-state index in [1.165, 1.54) is 12.8 Å². The topological polar surface area (TPSA) is 44.5 Å². The zero-order valence-corrected chi connectivity index (χ0v) is 11.5. The predicted molar refractivity (Wildman–Crippen MR) is 73.6 cm³/mol. The molecule has 0 radical (unpaired) electrons. The SMILES string of the molecule is COc1cc(Cl)cc(CCN)c1OCCC1CC1. The van der Waals surface area contributed by atoms with E-state index in [1.54, 1.807) is 13.2 Å². The number of hydrogen-bond donors (Lipinski definition) is 1. The fraction of sp³-hybridized carbons (Fsp3) is 0.571. The Morgan fingerprint density at radius 2 is 2.17 bits per heavy atom. The molecular weight excluding hydrogens is 250 g/mol. The van der Waals surface area contributed by atoms with E-state index in [9.17, 15) is 0 Å². The Hall–Kier alpha value is -0.930. The molecule has 2 N–H and O–H groups in total. The number of halogens is 1. The van der Waals surface area contributed by atoms with Crippen LogP contribution in [-0.2, 0) is 6.42 Å². The Labute approximate surface area is 113 Å². The normalized spacial score (nSPS) is 14.6. The van der Waals surface area contributed by atoms with Gasteiger partial charge in [-0.05, 0) is 31.4 Å². The minimum atomic E-state index is 0.572. The minimum Gasteiger partial charge on any atom is -0.493 e. The lowest BCUT2D eigenvalue weighted by atomic mass is 10.1. The third-order valence-electron chi connectivity index (χ3n) is 3.20. The zero-order valence-electron chi connectivity index (χ0n) is 10.7. The van der Waals surface area contributed by atoms with Crippen molar-refractivity contribution in [3.05, 3.63) is 22.7 Å². The molecule has 1 aliphatic rings. The van der Waals surface area contributed by atoms with Crippen molar-refractivity contribution >= 4 is 11.6 Å². The third-order valence-corrected chi connectivity index (χ3v) is 3.42. The fourth-order valence-corrected chi connectivity index (χ4v) is 2.24. The summed E-state index contributed by atoms with van der Waals surface area (Å²) in [5.41, 5.74) is 6.64. The molecule has 4 heteroatoms. The van der Waals surface area contributed by atoms with Gasteiger partial charge in [-0.1, -0.05) is 24.4 Å². The van der Waals surface area contributed by atoms with Gasteiger partial charge in [-0.3, -0.25) is 0 Å². The van der Waals surface area contributed by atoms with Crippen LogP contribution in [0.15, 0.2) is 12.1 Å². The Morgan fingerprint density at radius 3 is 2.78 bits per heavy atom. The van der Waals surface area contributed by atoms with Crippen molar-refractivity contribution in [2.24, 2.45) is 11.7 Å². The number of rotatable bonds is 7. The summed E-state index contributed by atoms with van der Waals surface area (Å²) >= 11 is 6.05. The van der Waals surface area contributed by atoms with Gasteiger partial charge in [0.1, 0.15) is 0 Å². The van der Waals surface area contributed by atoms with Gasteiger partial charge in [-0.25, -0.2) is 0 Å². The number of ether oxygens (including phenoxy) is 2. The number of benzene rings is 1. The molecule has 0 amide bonds. The molecule has 1 saturated carbocycles. The van der Waals surface area contributed by atoms with Crippen molar-refractivity contribution in [1.29, 1.82) is 0 Å². The summed E-state index contributed by atoms with van der Waals surface area (Å²) in [6, 6.07) is 3.69. The van der Waals surface area contributed by atoms with Crippen LogP contribution in [0.3, 0.4) is 0 Å². The van der Waals surface area contributed by atoms with Crippen molar-refractivity contribution in [1.82, 2.24) is 0 Å². The Kier molecular flexibility index (Phi) is 4.72. The van der Waals surface area contributed by atoms with Crippen LogP contribution in [0.5, 0.6) is 11.5 Å². The molecule has 0 atom stereocenters. The third kappa shape index (κ3) is 3.53. The first-order chi connectivity index (χ1) is 8.74. The summed E-state index contributed by atoms with van der Waals surface area (Å²) in [6.45, 7) is 1.31. The van der Waals surface area contributed by atoms with Crippen LogP contribution in [0.2, 0.25) is 5.02 Å². The lowest BCUT2D eigenvalue weighted by Crippen LogP contribution is -2.07. The van der Waals surface area contributed by atoms with E-state index in [1.807, 2.05) is 6.07 Å². The second-order valence-corrected chi connectivity index (χ2v) is 5.15. The predicted octanol–water partition coefficient (Wildman–Crippen LogP) is 3.03. The van der Waals surface area contributed by atoms with Crippen molar-refractivity contribution in [2.45, 2.75) is 25.7 Å². The van der Waals surface area contributed by atoms with E-state index in [2.05, 4.69) is 0 Å². The van der Waals surface area contributed by atoms with Crippen LogP contribution in [0.4, 0.5) is 0 Å². The van der Waals surface area contributed by atoms with E-state index in [0.717, 1.165) is 36.7 Å². The molecule has 2 rings (SSSR count). The average Bonchev–Trinajstić information content (AvgIpc) is 3.15. The monoisotopic (exact) mass is 269 g/mol. The molecule has 1 aromatic rings. The lowest BCUT2D eigenvalue weighted by molar-refractivity contribution is 0.280. The average molecular weight is 270 g/mol. The zero-order chi connectivity index (χ0) is 13.0. The van der Waals surface area contributed by atoms with Gasteiger partial charge < -0.3 is 15.2 Å². The van der Waals surface area contributed by atoms with Crippen LogP contribution in [-0.4, -0.2) is 20.3 Å². The maximum atomic E-state index is 6.05. The highest BCUT2D eigenvalue weighted by atomic mass is 35.5. The molecule has 18 heavy (non-hydrogen) atoms. The standard InChI is InChI=1S/C14H20ClNO2/c1-17-13-9-12(15)8-11(4-6-16)14(13)18-7-5-10-2-3-10/h8-10H,2-7,16H2,1H3. The van der Waals surface area contributed by atoms with Crippen molar-refractivity contribution in [3.63, 3.8) is 0 Å². The van der Waals surface area contributed by atoms with E-state index in [0.29, 0.717) is 17.3 Å². The minimum absolute atomic E-state index is 0.572. The molecule has 100 valence electrons. The largest absolute Gasteiger partial charge is 0.493 e. The lowest BCUT2D eigenvalue weighted by Gasteiger charge is -2.15. The van der Waals surface area contributed by atoms with Crippen LogP contribution < -0.4 is 15.2 Å². The summed E-state index contributed by atoms with van der Waals surface area (Å²) in [6.07, 6.45) is 4.55. The van der Waals surface area contributed by atoms with Gasteiger partial charge in [0.2, 0.25) is 0 Å². The van der Waals surface area contributed by atoms with E-state index in [-0.39, 0.29) is 0 Å². The number of methoxy groups -OCH3 is 1. The van der Waals surface area contributed by atoms with Crippen molar-refractivity contribution in [3.8, 4) is 11.5 Å². The van der Waals surface area contributed by atoms with Gasteiger partial charge in [-0.15, -0.1) is 0 Å². The molecule has 0 saturated heterocycles. The van der Waals surface area contributed by atoms with Gasteiger partial charge >= 0.3 is 0 Å². The Balaban J connectivity index is 2.11. The van der Waals surface area contributed by atoms with E-state index in [4.69, 9.17) is 26.8 Å². The second kappa shape index (κ2) is 6.30. The highest BCUT2D eigenvalue weighted by Gasteiger charge is 2.21. The first-order valence-electron chi connectivity index (χ1n) is 6.44. The molecule has 1 aliphatic carbocycles. The molecule has 1 fully saturated rings. The Morgan fingerprint density at radius 1 is 1.39 bits per heavy atom. The van der Waals surface area contributed by atoms with Gasteiger partial charge in [0.05, 0.1) is 13.7 Å². The number of nitrogens with two attached hydrogens (primary N) is 1. The highest BCUT2D eigenvalue weighted by molar-refractivity contribution is 6.30. The van der Waals surface area contributed by atoms with Crippen LogP contribution in [0.1, 0.15) is 24.8 Å². The summed E-state index contributed by atoms with van der Waals surface area (Å²) in [5, 5.41) is 0.657. The Bertz CT molecular complexity index is 405. The quantitative estimate of drug-likeness (QED) is 0.828. The second-order valence-electron chi connectivity index (χ2n) is 4.72. The molecule has 0 aliphatic heterocycles. The molecule has 0 bridgehead atoms. The highest BCUT2D eigenvalue weighted by Crippen LogP contribution is 2.36. The summed E-state index contributed by atoms with van der Waals surface area (Å²) < 4.78 is 11.2. The van der Waals surface area contributed by atoms with Gasteiger partial charge in [0.15, 0.2) is 11.5 Å². The van der Waals surface area contributed by atoms with E-state index < -0.39 is 0 Å². The molecule has 1 aromatic carbocycles. The van der Waals surface area contributed by atoms with Crippen molar-refractivity contribution in [2.75, 3.05) is 20.3 Å². The maximum Gasteiger partial charge on any atom is 0.164 e. The molecule has 3 nitrogen and oxygen atoms in total. The smallest absolute Gasteiger partial charge is 0.164 e. The molecule has 0 spiro atoms. The summed E-state index contributed by atoms with van der Waals surface area (Å²) in [5.74, 6) is 2.36. The summed E-state index contributed by atoms with van der Waals surface area (Å²) in [7, 11) is 1.63. The molecule has 0 unspecified atom stereocenters. The maximum absolute atomic E-state index is 6.05. The van der Waals surface area contributed by atoms with Crippen LogP contribution in [0.25, 0.3) is 0 Å². The first-order valence-corrected chi connectivity index (χ1v) is 6.81. The number of hydrogen-bond acceptors (Lipinski definition) is 3. The molecule has 0 aromatic heterocycles. The van der Waals surface area contributed by atoms with Gasteiger partial charge in [0.25, 0.3) is 0 Å². The summed E-state index contributed by atoms with van der Waals surface area (Å²) in [4.78, 5) is 0. The fourth-order valence-electron chi connectivity index (χ4n) is 2.01.